The zero-order valence-corrected chi connectivity index (χ0v) is 13.0. The van der Waals surface area contributed by atoms with Gasteiger partial charge in [-0.05, 0) is 24.6 Å². The van der Waals surface area contributed by atoms with E-state index >= 15 is 0 Å². The molecule has 108 valence electrons. The van der Waals surface area contributed by atoms with Crippen LogP contribution in [0.5, 0.6) is 0 Å². The number of aliphatic hydroxyl groups is 1. The first-order valence-electron chi connectivity index (χ1n) is 6.55. The highest BCUT2D eigenvalue weighted by Crippen LogP contribution is 2.40. The summed E-state index contributed by atoms with van der Waals surface area (Å²) in [6, 6.07) is 7.76. The lowest BCUT2D eigenvalue weighted by molar-refractivity contribution is 0.311. The molecule has 0 amide bonds. The maximum Gasteiger partial charge on any atom is 0.138 e. The standard InChI is InChI=1S/C15H14ClN3OS/c1-9-12(10-2-4-11(16)5-3-10)13-14(17-6-7-20)18-8-19-15(13)21-9/h2-5,8,20H,6-7H2,1H3,(H,17,18,19). The Balaban J connectivity index is 2.21. The van der Waals surface area contributed by atoms with Crippen molar-refractivity contribution in [3.63, 3.8) is 0 Å². The molecule has 3 aromatic rings. The maximum atomic E-state index is 9.00. The molecule has 0 saturated heterocycles. The van der Waals surface area contributed by atoms with E-state index in [1.54, 1.807) is 17.7 Å². The summed E-state index contributed by atoms with van der Waals surface area (Å²) in [5.41, 5.74) is 2.21. The van der Waals surface area contributed by atoms with E-state index in [1.807, 2.05) is 24.3 Å². The van der Waals surface area contributed by atoms with E-state index in [0.717, 1.165) is 27.2 Å². The summed E-state index contributed by atoms with van der Waals surface area (Å²) in [7, 11) is 0. The molecule has 21 heavy (non-hydrogen) atoms. The van der Waals surface area contributed by atoms with Crippen molar-refractivity contribution in [2.24, 2.45) is 0 Å². The predicted octanol–water partition coefficient (Wildman–Crippen LogP) is 3.72. The van der Waals surface area contributed by atoms with E-state index in [9.17, 15) is 0 Å². The molecule has 0 unspecified atom stereocenters. The lowest BCUT2D eigenvalue weighted by Gasteiger charge is -2.08. The first-order chi connectivity index (χ1) is 10.2. The summed E-state index contributed by atoms with van der Waals surface area (Å²) < 4.78 is 0. The summed E-state index contributed by atoms with van der Waals surface area (Å²) in [6.45, 7) is 2.60. The van der Waals surface area contributed by atoms with Gasteiger partial charge in [0.2, 0.25) is 0 Å². The Hall–Kier alpha value is -1.69. The molecule has 3 rings (SSSR count). The van der Waals surface area contributed by atoms with Gasteiger partial charge >= 0.3 is 0 Å². The number of fused-ring (bicyclic) bond motifs is 1. The minimum absolute atomic E-state index is 0.0604. The molecule has 6 heteroatoms. The minimum atomic E-state index is 0.0604. The number of aryl methyl sites for hydroxylation is 1. The van der Waals surface area contributed by atoms with Crippen LogP contribution in [0.25, 0.3) is 21.3 Å². The van der Waals surface area contributed by atoms with Crippen LogP contribution in [0.2, 0.25) is 5.02 Å². The van der Waals surface area contributed by atoms with Gasteiger partial charge in [0.1, 0.15) is 17.0 Å². The van der Waals surface area contributed by atoms with Gasteiger partial charge in [0.05, 0.1) is 12.0 Å². The molecule has 4 nitrogen and oxygen atoms in total. The van der Waals surface area contributed by atoms with Crippen LogP contribution in [0.3, 0.4) is 0 Å². The van der Waals surface area contributed by atoms with Gasteiger partial charge in [0.25, 0.3) is 0 Å². The van der Waals surface area contributed by atoms with Crippen LogP contribution in [-0.2, 0) is 0 Å². The van der Waals surface area contributed by atoms with Gasteiger partial charge in [-0.3, -0.25) is 0 Å². The minimum Gasteiger partial charge on any atom is -0.395 e. The van der Waals surface area contributed by atoms with Gasteiger partial charge in [0.15, 0.2) is 0 Å². The van der Waals surface area contributed by atoms with Crippen molar-refractivity contribution in [2.45, 2.75) is 6.92 Å². The van der Waals surface area contributed by atoms with E-state index in [2.05, 4.69) is 22.2 Å². The highest BCUT2D eigenvalue weighted by molar-refractivity contribution is 7.19. The molecule has 0 atom stereocenters. The van der Waals surface area contributed by atoms with Gasteiger partial charge in [-0.25, -0.2) is 9.97 Å². The maximum absolute atomic E-state index is 9.00. The summed E-state index contributed by atoms with van der Waals surface area (Å²) in [4.78, 5) is 10.8. The molecule has 0 aliphatic rings. The van der Waals surface area contributed by atoms with E-state index in [-0.39, 0.29) is 6.61 Å². The quantitative estimate of drug-likeness (QED) is 0.769. The highest BCUT2D eigenvalue weighted by Gasteiger charge is 2.16. The summed E-state index contributed by atoms with van der Waals surface area (Å²) in [5, 5.41) is 13.9. The number of aromatic nitrogens is 2. The summed E-state index contributed by atoms with van der Waals surface area (Å²) in [5.74, 6) is 0.753. The molecule has 2 N–H and O–H groups in total. The number of rotatable bonds is 4. The first kappa shape index (κ1) is 14.3. The fourth-order valence-electron chi connectivity index (χ4n) is 2.32. The van der Waals surface area contributed by atoms with Crippen molar-refractivity contribution in [1.29, 1.82) is 0 Å². The van der Waals surface area contributed by atoms with Crippen LogP contribution in [0, 0.1) is 6.92 Å². The Morgan fingerprint density at radius 2 is 2.00 bits per heavy atom. The van der Waals surface area contributed by atoms with Crippen LogP contribution in [0.4, 0.5) is 5.82 Å². The fraction of sp³-hybridized carbons (Fsp3) is 0.200. The van der Waals surface area contributed by atoms with Gasteiger partial charge in [-0.15, -0.1) is 11.3 Å². The number of nitrogens with one attached hydrogen (secondary N) is 1. The molecular weight excluding hydrogens is 306 g/mol. The number of aliphatic hydroxyl groups excluding tert-OH is 1. The van der Waals surface area contributed by atoms with E-state index in [1.165, 1.54) is 4.88 Å². The smallest absolute Gasteiger partial charge is 0.138 e. The van der Waals surface area contributed by atoms with Crippen molar-refractivity contribution < 1.29 is 5.11 Å². The Labute approximate surface area is 131 Å². The second-order valence-corrected chi connectivity index (χ2v) is 6.23. The molecule has 0 radical (unpaired) electrons. The second-order valence-electron chi connectivity index (χ2n) is 4.59. The van der Waals surface area contributed by atoms with Crippen molar-refractivity contribution in [3.05, 3.63) is 40.5 Å². The molecule has 0 saturated carbocycles. The van der Waals surface area contributed by atoms with Crippen LogP contribution < -0.4 is 5.32 Å². The van der Waals surface area contributed by atoms with Gasteiger partial charge in [-0.2, -0.15) is 0 Å². The highest BCUT2D eigenvalue weighted by atomic mass is 35.5. The normalized spacial score (nSPS) is 11.0. The van der Waals surface area contributed by atoms with Gasteiger partial charge in [0, 0.05) is 22.0 Å². The summed E-state index contributed by atoms with van der Waals surface area (Å²) in [6.07, 6.45) is 1.55. The van der Waals surface area contributed by atoms with Crippen LogP contribution >= 0.6 is 22.9 Å². The fourth-order valence-corrected chi connectivity index (χ4v) is 3.46. The SMILES string of the molecule is Cc1sc2ncnc(NCCO)c2c1-c1ccc(Cl)cc1. The number of benzene rings is 1. The molecule has 2 aromatic heterocycles. The van der Waals surface area contributed by atoms with Gasteiger partial charge < -0.3 is 10.4 Å². The second kappa shape index (κ2) is 5.97. The average molecular weight is 320 g/mol. The lowest BCUT2D eigenvalue weighted by Crippen LogP contribution is -2.07. The van der Waals surface area contributed by atoms with Crippen molar-refractivity contribution in [3.8, 4) is 11.1 Å². The van der Waals surface area contributed by atoms with Crippen LogP contribution in [0.1, 0.15) is 4.88 Å². The topological polar surface area (TPSA) is 58.0 Å². The number of halogens is 1. The third kappa shape index (κ3) is 2.72. The Morgan fingerprint density at radius 3 is 2.71 bits per heavy atom. The van der Waals surface area contributed by atoms with E-state index in [0.29, 0.717) is 11.6 Å². The molecule has 0 aliphatic carbocycles. The number of hydrogen-bond donors (Lipinski definition) is 2. The van der Waals surface area contributed by atoms with E-state index < -0.39 is 0 Å². The predicted molar refractivity (Wildman–Crippen MR) is 88.2 cm³/mol. The number of nitrogens with zero attached hydrogens (tertiary/aromatic N) is 2. The molecule has 0 fully saturated rings. The largest absolute Gasteiger partial charge is 0.395 e. The number of hydrogen-bond acceptors (Lipinski definition) is 5. The van der Waals surface area contributed by atoms with Crippen molar-refractivity contribution >= 4 is 39.0 Å². The monoisotopic (exact) mass is 319 g/mol. The van der Waals surface area contributed by atoms with Crippen LogP contribution in [-0.4, -0.2) is 28.2 Å². The number of anilines is 1. The number of thiophene rings is 1. The third-order valence-corrected chi connectivity index (χ3v) is 4.47. The molecule has 0 bridgehead atoms. The lowest BCUT2D eigenvalue weighted by atomic mass is 10.0. The molecule has 2 heterocycles. The molecule has 1 aromatic carbocycles. The first-order valence-corrected chi connectivity index (χ1v) is 7.75. The Bertz CT molecular complexity index is 770. The van der Waals surface area contributed by atoms with E-state index in [4.69, 9.17) is 16.7 Å². The average Bonchev–Trinajstić information content (AvgIpc) is 2.82. The Kier molecular flexibility index (Phi) is 4.05. The molecular formula is C15H14ClN3OS. The van der Waals surface area contributed by atoms with Crippen molar-refractivity contribution in [2.75, 3.05) is 18.5 Å². The molecule has 0 spiro atoms. The van der Waals surface area contributed by atoms with Gasteiger partial charge in [-0.1, -0.05) is 23.7 Å². The zero-order valence-electron chi connectivity index (χ0n) is 11.4. The van der Waals surface area contributed by atoms with Crippen LogP contribution in [0.15, 0.2) is 30.6 Å². The summed E-state index contributed by atoms with van der Waals surface area (Å²) >= 11 is 7.61. The third-order valence-electron chi connectivity index (χ3n) is 3.20. The van der Waals surface area contributed by atoms with Crippen molar-refractivity contribution in [1.82, 2.24) is 9.97 Å². The zero-order chi connectivity index (χ0) is 14.8. The Morgan fingerprint density at radius 1 is 1.24 bits per heavy atom. The molecule has 0 aliphatic heterocycles.